The first-order chi connectivity index (χ1) is 10.9. The minimum absolute atomic E-state index is 0.0576. The molecular formula is C19H34O4. The molecule has 23 heavy (non-hydrogen) atoms. The minimum Gasteiger partial charge on any atom is -0.481 e. The first-order valence-electron chi connectivity index (χ1n) is 9.33. The maximum Gasteiger partial charge on any atom is 0.309 e. The fourth-order valence-corrected chi connectivity index (χ4v) is 3.32. The Morgan fingerprint density at radius 3 is 2.22 bits per heavy atom. The van der Waals surface area contributed by atoms with Gasteiger partial charge >= 0.3 is 11.9 Å². The Kier molecular flexibility index (Phi) is 9.27. The van der Waals surface area contributed by atoms with Crippen LogP contribution in [-0.2, 0) is 14.3 Å². The van der Waals surface area contributed by atoms with Gasteiger partial charge in [0.1, 0.15) is 0 Å². The molecule has 1 N–H and O–H groups in total. The van der Waals surface area contributed by atoms with E-state index < -0.39 is 5.97 Å². The van der Waals surface area contributed by atoms with Crippen LogP contribution in [0.2, 0.25) is 0 Å². The molecule has 0 aromatic heterocycles. The van der Waals surface area contributed by atoms with E-state index in [-0.39, 0.29) is 23.9 Å². The van der Waals surface area contributed by atoms with Gasteiger partial charge in [0.05, 0.1) is 17.9 Å². The van der Waals surface area contributed by atoms with Crippen molar-refractivity contribution in [3.05, 3.63) is 0 Å². The SMILES string of the molecule is CC(C)CCCCCCC(C)OC(=O)C1CCCC(C(=O)O)C1. The molecule has 0 radical (unpaired) electrons. The van der Waals surface area contributed by atoms with Crippen LogP contribution in [0.15, 0.2) is 0 Å². The van der Waals surface area contributed by atoms with Gasteiger partial charge in [0, 0.05) is 0 Å². The molecule has 3 unspecified atom stereocenters. The van der Waals surface area contributed by atoms with E-state index in [1.54, 1.807) is 0 Å². The Labute approximate surface area is 141 Å². The van der Waals surface area contributed by atoms with Crippen LogP contribution in [0.1, 0.15) is 85.0 Å². The largest absolute Gasteiger partial charge is 0.481 e. The van der Waals surface area contributed by atoms with Crippen LogP contribution >= 0.6 is 0 Å². The molecule has 1 rings (SSSR count). The van der Waals surface area contributed by atoms with E-state index in [2.05, 4.69) is 13.8 Å². The smallest absolute Gasteiger partial charge is 0.309 e. The molecule has 0 aliphatic heterocycles. The van der Waals surface area contributed by atoms with Gasteiger partial charge in [-0.05, 0) is 44.9 Å². The van der Waals surface area contributed by atoms with Crippen molar-refractivity contribution in [3.63, 3.8) is 0 Å². The van der Waals surface area contributed by atoms with E-state index in [1.807, 2.05) is 6.92 Å². The summed E-state index contributed by atoms with van der Waals surface area (Å²) in [5.41, 5.74) is 0. The van der Waals surface area contributed by atoms with Gasteiger partial charge in [-0.15, -0.1) is 0 Å². The van der Waals surface area contributed by atoms with Gasteiger partial charge < -0.3 is 9.84 Å². The summed E-state index contributed by atoms with van der Waals surface area (Å²) in [6, 6.07) is 0. The second-order valence-corrected chi connectivity index (χ2v) is 7.53. The summed E-state index contributed by atoms with van der Waals surface area (Å²) in [6.07, 6.45) is 9.66. The molecule has 0 spiro atoms. The van der Waals surface area contributed by atoms with E-state index in [4.69, 9.17) is 9.84 Å². The topological polar surface area (TPSA) is 63.6 Å². The van der Waals surface area contributed by atoms with Gasteiger partial charge in [0.25, 0.3) is 0 Å². The zero-order chi connectivity index (χ0) is 17.2. The van der Waals surface area contributed by atoms with Crippen molar-refractivity contribution in [2.24, 2.45) is 17.8 Å². The summed E-state index contributed by atoms with van der Waals surface area (Å²) >= 11 is 0. The summed E-state index contributed by atoms with van der Waals surface area (Å²) in [5, 5.41) is 9.09. The molecule has 1 aliphatic carbocycles. The number of hydrogen-bond acceptors (Lipinski definition) is 3. The molecule has 1 aliphatic rings. The van der Waals surface area contributed by atoms with Crippen molar-refractivity contribution in [1.29, 1.82) is 0 Å². The maximum atomic E-state index is 12.2. The second-order valence-electron chi connectivity index (χ2n) is 7.53. The minimum atomic E-state index is -0.781. The number of aliphatic carboxylic acids is 1. The zero-order valence-corrected chi connectivity index (χ0v) is 15.1. The number of carboxylic acids is 1. The lowest BCUT2D eigenvalue weighted by atomic mass is 9.81. The van der Waals surface area contributed by atoms with Gasteiger partial charge in [0.2, 0.25) is 0 Å². The molecule has 0 amide bonds. The standard InChI is InChI=1S/C19H34O4/c1-14(2)9-6-4-5-7-10-15(3)23-19(22)17-12-8-11-16(13-17)18(20)21/h14-17H,4-13H2,1-3H3,(H,20,21). The predicted molar refractivity (Wildman–Crippen MR) is 91.2 cm³/mol. The average Bonchev–Trinajstić information content (AvgIpc) is 2.50. The van der Waals surface area contributed by atoms with Crippen molar-refractivity contribution in [2.45, 2.75) is 91.1 Å². The molecule has 134 valence electrons. The van der Waals surface area contributed by atoms with Gasteiger partial charge in [-0.25, -0.2) is 0 Å². The number of carboxylic acid groups (broad SMARTS) is 1. The highest BCUT2D eigenvalue weighted by atomic mass is 16.5. The highest BCUT2D eigenvalue weighted by Crippen LogP contribution is 2.30. The van der Waals surface area contributed by atoms with Crippen LogP contribution in [0, 0.1) is 17.8 Å². The lowest BCUT2D eigenvalue weighted by Crippen LogP contribution is -2.30. The Balaban J connectivity index is 2.16. The number of unbranched alkanes of at least 4 members (excludes halogenated alkanes) is 3. The summed E-state index contributed by atoms with van der Waals surface area (Å²) in [4.78, 5) is 23.2. The van der Waals surface area contributed by atoms with Crippen molar-refractivity contribution in [2.75, 3.05) is 0 Å². The molecule has 1 fully saturated rings. The number of rotatable bonds is 10. The van der Waals surface area contributed by atoms with Crippen LogP contribution in [0.4, 0.5) is 0 Å². The molecule has 0 saturated heterocycles. The van der Waals surface area contributed by atoms with E-state index in [0.717, 1.165) is 31.6 Å². The second kappa shape index (κ2) is 10.7. The quantitative estimate of drug-likeness (QED) is 0.462. The van der Waals surface area contributed by atoms with Crippen molar-refractivity contribution < 1.29 is 19.4 Å². The van der Waals surface area contributed by atoms with Gasteiger partial charge in [-0.3, -0.25) is 9.59 Å². The third-order valence-corrected chi connectivity index (χ3v) is 4.82. The molecule has 4 nitrogen and oxygen atoms in total. The summed E-state index contributed by atoms with van der Waals surface area (Å²) < 4.78 is 5.53. The summed E-state index contributed by atoms with van der Waals surface area (Å²) in [5.74, 6) is -0.795. The third kappa shape index (κ3) is 8.38. The first kappa shape index (κ1) is 20.0. The fraction of sp³-hybridized carbons (Fsp3) is 0.895. The molecule has 0 bridgehead atoms. The van der Waals surface area contributed by atoms with Crippen LogP contribution in [-0.4, -0.2) is 23.1 Å². The van der Waals surface area contributed by atoms with Crippen molar-refractivity contribution in [1.82, 2.24) is 0 Å². The molecule has 4 heteroatoms. The van der Waals surface area contributed by atoms with Gasteiger partial charge in [-0.2, -0.15) is 0 Å². The highest BCUT2D eigenvalue weighted by Gasteiger charge is 2.32. The van der Waals surface area contributed by atoms with E-state index >= 15 is 0 Å². The molecular weight excluding hydrogens is 292 g/mol. The summed E-state index contributed by atoms with van der Waals surface area (Å²) in [6.45, 7) is 6.45. The Bertz CT molecular complexity index is 364. The first-order valence-corrected chi connectivity index (χ1v) is 9.33. The fourth-order valence-electron chi connectivity index (χ4n) is 3.32. The normalized spacial score (nSPS) is 22.8. The maximum absolute atomic E-state index is 12.2. The molecule has 3 atom stereocenters. The molecule has 0 aromatic rings. The Morgan fingerprint density at radius 2 is 1.61 bits per heavy atom. The summed E-state index contributed by atoms with van der Waals surface area (Å²) in [7, 11) is 0. The van der Waals surface area contributed by atoms with Crippen LogP contribution in [0.3, 0.4) is 0 Å². The predicted octanol–water partition coefficient (Wildman–Crippen LogP) is 4.81. The third-order valence-electron chi connectivity index (χ3n) is 4.82. The van der Waals surface area contributed by atoms with E-state index in [1.165, 1.54) is 25.7 Å². The van der Waals surface area contributed by atoms with Gasteiger partial charge in [-0.1, -0.05) is 46.0 Å². The average molecular weight is 326 g/mol. The monoisotopic (exact) mass is 326 g/mol. The molecule has 1 saturated carbocycles. The Hall–Kier alpha value is -1.06. The number of esters is 1. The molecule has 0 aromatic carbocycles. The van der Waals surface area contributed by atoms with E-state index in [9.17, 15) is 9.59 Å². The lowest BCUT2D eigenvalue weighted by molar-refractivity contribution is -0.156. The van der Waals surface area contributed by atoms with Crippen LogP contribution < -0.4 is 0 Å². The number of hydrogen-bond donors (Lipinski definition) is 1. The Morgan fingerprint density at radius 1 is 1.00 bits per heavy atom. The lowest BCUT2D eigenvalue weighted by Gasteiger charge is -2.26. The molecule has 0 heterocycles. The van der Waals surface area contributed by atoms with Crippen molar-refractivity contribution >= 4 is 11.9 Å². The van der Waals surface area contributed by atoms with Gasteiger partial charge in [0.15, 0.2) is 0 Å². The van der Waals surface area contributed by atoms with Crippen LogP contribution in [0.25, 0.3) is 0 Å². The zero-order valence-electron chi connectivity index (χ0n) is 15.1. The number of ether oxygens (including phenoxy) is 1. The highest BCUT2D eigenvalue weighted by molar-refractivity contribution is 5.75. The van der Waals surface area contributed by atoms with Crippen LogP contribution in [0.5, 0.6) is 0 Å². The number of carbonyl (C=O) groups excluding carboxylic acids is 1. The van der Waals surface area contributed by atoms with Crippen molar-refractivity contribution in [3.8, 4) is 0 Å². The van der Waals surface area contributed by atoms with E-state index in [0.29, 0.717) is 12.8 Å². The number of carbonyl (C=O) groups is 2.